The van der Waals surface area contributed by atoms with E-state index in [0.717, 1.165) is 6.92 Å². The predicted octanol–water partition coefficient (Wildman–Crippen LogP) is 3.41. The van der Waals surface area contributed by atoms with E-state index in [1.807, 2.05) is 6.92 Å². The monoisotopic (exact) mass is 414 g/mol. The number of carbonyl (C=O) groups is 1. The van der Waals surface area contributed by atoms with E-state index in [2.05, 4.69) is 40.5 Å². The highest BCUT2D eigenvalue weighted by Gasteiger charge is 2.29. The molecular weight excluding hydrogens is 394 g/mol. The van der Waals surface area contributed by atoms with Crippen molar-refractivity contribution >= 4 is 23.2 Å². The van der Waals surface area contributed by atoms with Gasteiger partial charge in [-0.1, -0.05) is 6.92 Å². The quantitative estimate of drug-likeness (QED) is 0.630. The Morgan fingerprint density at radius 3 is 2.50 bits per heavy atom. The lowest BCUT2D eigenvalue weighted by Crippen LogP contribution is -2.15. The van der Waals surface area contributed by atoms with Gasteiger partial charge in [0.15, 0.2) is 5.82 Å². The number of hydrogen-bond acceptors (Lipinski definition) is 8. The van der Waals surface area contributed by atoms with Gasteiger partial charge in [0.25, 0.3) is 0 Å². The Hall–Kier alpha value is -3.63. The normalized spacial score (nSPS) is 11.3. The molecule has 9 nitrogen and oxygen atoms in total. The molecule has 0 aliphatic heterocycles. The van der Waals surface area contributed by atoms with Crippen LogP contribution in [0.4, 0.5) is 26.1 Å². The molecule has 0 saturated carbocycles. The van der Waals surface area contributed by atoms with Crippen LogP contribution < -0.4 is 10.6 Å². The number of aromatic nitrogens is 6. The van der Waals surface area contributed by atoms with Gasteiger partial charge in [-0.05, 0) is 13.3 Å². The molecule has 0 aliphatic carbocycles. The minimum atomic E-state index is -3.20. The van der Waals surface area contributed by atoms with Crippen molar-refractivity contribution in [2.45, 2.75) is 40.0 Å². The molecule has 3 aromatic heterocycles. The van der Waals surface area contributed by atoms with Crippen LogP contribution in [-0.2, 0) is 17.1 Å². The Morgan fingerprint density at radius 2 is 1.87 bits per heavy atom. The standard InChI is InChI=1S/C19H20F2N8O/c1-5-12-6-16(29-18(27-12)19(4,20)21)28-14-7-15(26-11(3)30)22-8-13(14)17-24-9-23-10(2)25-17/h6-9H,5H2,1-4H3,(H2,22,26,27,28,29,30). The van der Waals surface area contributed by atoms with E-state index in [-0.39, 0.29) is 17.5 Å². The van der Waals surface area contributed by atoms with Crippen molar-refractivity contribution in [1.82, 2.24) is 29.9 Å². The van der Waals surface area contributed by atoms with Crippen LogP contribution in [0.1, 0.15) is 38.1 Å². The molecule has 0 aliphatic rings. The number of carbonyl (C=O) groups excluding carboxylic acids is 1. The maximum Gasteiger partial charge on any atom is 0.303 e. The van der Waals surface area contributed by atoms with Crippen LogP contribution in [0.2, 0.25) is 0 Å². The van der Waals surface area contributed by atoms with Crippen molar-refractivity contribution in [3.8, 4) is 11.4 Å². The number of nitrogens with one attached hydrogen (secondary N) is 2. The third-order valence-electron chi connectivity index (χ3n) is 3.94. The van der Waals surface area contributed by atoms with Crippen molar-refractivity contribution in [3.05, 3.63) is 42.0 Å². The molecule has 0 aromatic carbocycles. The Kier molecular flexibility index (Phi) is 5.90. The van der Waals surface area contributed by atoms with Crippen LogP contribution >= 0.6 is 0 Å². The second kappa shape index (κ2) is 8.39. The molecule has 156 valence electrons. The number of anilines is 3. The zero-order valence-corrected chi connectivity index (χ0v) is 16.9. The van der Waals surface area contributed by atoms with Crippen LogP contribution in [0.25, 0.3) is 11.4 Å². The lowest BCUT2D eigenvalue weighted by molar-refractivity contribution is -0.114. The number of nitrogens with zero attached hydrogens (tertiary/aromatic N) is 6. The molecule has 30 heavy (non-hydrogen) atoms. The molecule has 2 N–H and O–H groups in total. The fraction of sp³-hybridized carbons (Fsp3) is 0.316. The molecular formula is C19H20F2N8O. The summed E-state index contributed by atoms with van der Waals surface area (Å²) in [6.07, 6.45) is 3.28. The van der Waals surface area contributed by atoms with Crippen LogP contribution in [0, 0.1) is 6.92 Å². The van der Waals surface area contributed by atoms with Gasteiger partial charge in [0.1, 0.15) is 23.8 Å². The summed E-state index contributed by atoms with van der Waals surface area (Å²) in [5.41, 5.74) is 1.36. The van der Waals surface area contributed by atoms with E-state index < -0.39 is 11.7 Å². The van der Waals surface area contributed by atoms with Crippen molar-refractivity contribution in [3.63, 3.8) is 0 Å². The molecule has 0 atom stereocenters. The second-order valence-electron chi connectivity index (χ2n) is 6.59. The van der Waals surface area contributed by atoms with Crippen molar-refractivity contribution in [1.29, 1.82) is 0 Å². The highest BCUT2D eigenvalue weighted by atomic mass is 19.3. The zero-order valence-electron chi connectivity index (χ0n) is 16.9. The predicted molar refractivity (Wildman–Crippen MR) is 106 cm³/mol. The van der Waals surface area contributed by atoms with Gasteiger partial charge in [0, 0.05) is 37.9 Å². The first kappa shape index (κ1) is 21.1. The van der Waals surface area contributed by atoms with E-state index in [9.17, 15) is 13.6 Å². The average Bonchev–Trinajstić information content (AvgIpc) is 2.66. The van der Waals surface area contributed by atoms with E-state index in [1.54, 1.807) is 19.1 Å². The molecule has 3 aromatic rings. The number of halogens is 2. The second-order valence-corrected chi connectivity index (χ2v) is 6.59. The number of pyridine rings is 1. The van der Waals surface area contributed by atoms with Crippen LogP contribution in [0.3, 0.4) is 0 Å². The van der Waals surface area contributed by atoms with E-state index in [4.69, 9.17) is 0 Å². The van der Waals surface area contributed by atoms with Gasteiger partial charge < -0.3 is 10.6 Å². The minimum Gasteiger partial charge on any atom is -0.339 e. The zero-order chi connectivity index (χ0) is 21.9. The third-order valence-corrected chi connectivity index (χ3v) is 3.94. The van der Waals surface area contributed by atoms with E-state index in [0.29, 0.717) is 35.0 Å². The number of rotatable bonds is 6. The van der Waals surface area contributed by atoms with Gasteiger partial charge in [-0.3, -0.25) is 4.79 Å². The number of hydrogen-bond donors (Lipinski definition) is 2. The van der Waals surface area contributed by atoms with Gasteiger partial charge in [0.05, 0.1) is 11.3 Å². The van der Waals surface area contributed by atoms with E-state index in [1.165, 1.54) is 19.4 Å². The molecule has 3 heterocycles. The van der Waals surface area contributed by atoms with Crippen molar-refractivity contribution in [2.24, 2.45) is 0 Å². The van der Waals surface area contributed by atoms with Gasteiger partial charge in [-0.15, -0.1) is 0 Å². The third kappa shape index (κ3) is 5.04. The Labute approximate surface area is 171 Å². The summed E-state index contributed by atoms with van der Waals surface area (Å²) in [7, 11) is 0. The fourth-order valence-corrected chi connectivity index (χ4v) is 2.57. The number of alkyl halides is 2. The van der Waals surface area contributed by atoms with Crippen LogP contribution in [-0.4, -0.2) is 35.8 Å². The molecule has 0 radical (unpaired) electrons. The minimum absolute atomic E-state index is 0.172. The first-order valence-electron chi connectivity index (χ1n) is 9.12. The SMILES string of the molecule is CCc1cc(Nc2cc(NC(C)=O)ncc2-c2ncnc(C)n2)nc(C(C)(F)F)n1. The van der Waals surface area contributed by atoms with Crippen LogP contribution in [0.15, 0.2) is 24.7 Å². The summed E-state index contributed by atoms with van der Waals surface area (Å²) in [6, 6.07) is 3.13. The highest BCUT2D eigenvalue weighted by molar-refractivity contribution is 5.89. The van der Waals surface area contributed by atoms with Gasteiger partial charge in [-0.25, -0.2) is 29.9 Å². The summed E-state index contributed by atoms with van der Waals surface area (Å²) in [4.78, 5) is 35.9. The molecule has 0 bridgehead atoms. The molecule has 3 rings (SSSR count). The molecule has 0 unspecified atom stereocenters. The first-order chi connectivity index (χ1) is 14.2. The maximum absolute atomic E-state index is 13.8. The van der Waals surface area contributed by atoms with Crippen molar-refractivity contribution < 1.29 is 13.6 Å². The largest absolute Gasteiger partial charge is 0.339 e. The van der Waals surface area contributed by atoms with Gasteiger partial charge in [0.2, 0.25) is 11.7 Å². The summed E-state index contributed by atoms with van der Waals surface area (Å²) < 4.78 is 27.7. The molecule has 0 saturated heterocycles. The number of amides is 1. The maximum atomic E-state index is 13.8. The molecule has 1 amide bonds. The summed E-state index contributed by atoms with van der Waals surface area (Å²) in [6.45, 7) is 5.62. The lowest BCUT2D eigenvalue weighted by Gasteiger charge is -2.15. The summed E-state index contributed by atoms with van der Waals surface area (Å²) >= 11 is 0. The number of aryl methyl sites for hydroxylation is 2. The molecule has 0 fully saturated rings. The topological polar surface area (TPSA) is 118 Å². The fourth-order valence-electron chi connectivity index (χ4n) is 2.57. The molecule has 11 heteroatoms. The Morgan fingerprint density at radius 1 is 1.10 bits per heavy atom. The molecule has 0 spiro atoms. The lowest BCUT2D eigenvalue weighted by atomic mass is 10.2. The van der Waals surface area contributed by atoms with Crippen LogP contribution in [0.5, 0.6) is 0 Å². The van der Waals surface area contributed by atoms with Gasteiger partial charge >= 0.3 is 5.92 Å². The first-order valence-corrected chi connectivity index (χ1v) is 9.12. The average molecular weight is 414 g/mol. The Bertz CT molecular complexity index is 1080. The van der Waals surface area contributed by atoms with E-state index >= 15 is 0 Å². The van der Waals surface area contributed by atoms with Crippen molar-refractivity contribution in [2.75, 3.05) is 10.6 Å². The Balaban J connectivity index is 2.10. The smallest absolute Gasteiger partial charge is 0.303 e. The van der Waals surface area contributed by atoms with Gasteiger partial charge in [-0.2, -0.15) is 8.78 Å². The highest BCUT2D eigenvalue weighted by Crippen LogP contribution is 2.31. The summed E-state index contributed by atoms with van der Waals surface area (Å²) in [5.74, 6) is -2.82. The summed E-state index contributed by atoms with van der Waals surface area (Å²) in [5, 5.41) is 5.60.